The van der Waals surface area contributed by atoms with E-state index in [1.807, 2.05) is 13.0 Å². The zero-order valence-electron chi connectivity index (χ0n) is 15.3. The highest BCUT2D eigenvalue weighted by molar-refractivity contribution is 7.58. The third kappa shape index (κ3) is 7.30. The van der Waals surface area contributed by atoms with Crippen LogP contribution in [-0.2, 0) is 4.57 Å². The van der Waals surface area contributed by atoms with Crippen LogP contribution in [0.5, 0.6) is 0 Å². The molecule has 0 amide bonds. The summed E-state index contributed by atoms with van der Waals surface area (Å²) in [5.41, 5.74) is 0.901. The second kappa shape index (κ2) is 10.0. The normalized spacial score (nSPS) is 27.7. The molecule has 0 spiro atoms. The Morgan fingerprint density at radius 3 is 2.56 bits per heavy atom. The van der Waals surface area contributed by atoms with Gasteiger partial charge in [-0.25, -0.2) is 0 Å². The topological polar surface area (TPSA) is 110 Å². The van der Waals surface area contributed by atoms with E-state index in [1.165, 1.54) is 0 Å². The maximum absolute atomic E-state index is 12.5. The van der Waals surface area contributed by atoms with Crippen molar-refractivity contribution < 1.29 is 24.8 Å². The molecule has 0 bridgehead atoms. The van der Waals surface area contributed by atoms with Crippen LogP contribution in [0.25, 0.3) is 0 Å². The largest absolute Gasteiger partial charge is 0.391 e. The Labute approximate surface area is 170 Å². The third-order valence-electron chi connectivity index (χ3n) is 5.03. The molecule has 5 N–H and O–H groups in total. The first-order valence-corrected chi connectivity index (χ1v) is 11.9. The molecule has 2 rings (SSSR count). The van der Waals surface area contributed by atoms with Gasteiger partial charge in [-0.1, -0.05) is 29.3 Å². The van der Waals surface area contributed by atoms with Crippen LogP contribution < -0.4 is 5.32 Å². The summed E-state index contributed by atoms with van der Waals surface area (Å²) in [5, 5.41) is 33.5. The van der Waals surface area contributed by atoms with Crippen molar-refractivity contribution in [2.45, 2.75) is 50.5 Å². The number of aliphatic hydroxyl groups is 3. The van der Waals surface area contributed by atoms with Crippen molar-refractivity contribution in [2.75, 3.05) is 18.9 Å². The van der Waals surface area contributed by atoms with E-state index in [0.717, 1.165) is 5.56 Å². The Bertz CT molecular complexity index is 677. The fourth-order valence-corrected chi connectivity index (χ4v) is 5.85. The van der Waals surface area contributed by atoms with E-state index >= 15 is 0 Å². The molecule has 6 unspecified atom stereocenters. The summed E-state index contributed by atoms with van der Waals surface area (Å²) in [7, 11) is -3.53. The standard InChI is InChI=1S/C18H28Cl2NO5P/c1-11(13-3-4-15(19)16(20)7-13)21-8-14(22)10-27(25,26)9-12-2-5-17(23)18(24)6-12/h3-4,7,11-12,14,17-18,21-24H,2,5-6,8-10H2,1H3,(H,25,26). The lowest BCUT2D eigenvalue weighted by Crippen LogP contribution is -2.35. The Kier molecular flexibility index (Phi) is 8.59. The summed E-state index contributed by atoms with van der Waals surface area (Å²) in [4.78, 5) is 10.2. The zero-order valence-corrected chi connectivity index (χ0v) is 17.7. The van der Waals surface area contributed by atoms with E-state index in [-0.39, 0.29) is 30.8 Å². The molecule has 6 atom stereocenters. The molecule has 1 saturated carbocycles. The van der Waals surface area contributed by atoms with Crippen molar-refractivity contribution in [3.05, 3.63) is 33.8 Å². The molecule has 0 radical (unpaired) electrons. The number of halogens is 2. The molecule has 1 aliphatic rings. The molecule has 1 aliphatic carbocycles. The Morgan fingerprint density at radius 2 is 1.93 bits per heavy atom. The third-order valence-corrected chi connectivity index (χ3v) is 7.85. The van der Waals surface area contributed by atoms with Gasteiger partial charge in [-0.3, -0.25) is 4.57 Å². The van der Waals surface area contributed by atoms with Gasteiger partial charge >= 0.3 is 0 Å². The van der Waals surface area contributed by atoms with Crippen LogP contribution in [0.3, 0.4) is 0 Å². The molecule has 1 fully saturated rings. The summed E-state index contributed by atoms with van der Waals surface area (Å²) in [6.07, 6.45) is -1.37. The van der Waals surface area contributed by atoms with Crippen LogP contribution in [0, 0.1) is 5.92 Å². The molecule has 0 aromatic heterocycles. The molecule has 0 aliphatic heterocycles. The molecule has 27 heavy (non-hydrogen) atoms. The predicted octanol–water partition coefficient (Wildman–Crippen LogP) is 2.80. The van der Waals surface area contributed by atoms with Crippen LogP contribution in [0.15, 0.2) is 18.2 Å². The average Bonchev–Trinajstić information content (AvgIpc) is 2.57. The number of rotatable bonds is 8. The number of nitrogens with one attached hydrogen (secondary N) is 1. The van der Waals surface area contributed by atoms with Gasteiger partial charge in [0.1, 0.15) is 0 Å². The lowest BCUT2D eigenvalue weighted by molar-refractivity contribution is -0.0224. The van der Waals surface area contributed by atoms with E-state index in [2.05, 4.69) is 5.32 Å². The highest BCUT2D eigenvalue weighted by atomic mass is 35.5. The van der Waals surface area contributed by atoms with Crippen LogP contribution >= 0.6 is 30.6 Å². The first kappa shape index (κ1) is 23.1. The number of aliphatic hydroxyl groups excluding tert-OH is 3. The average molecular weight is 440 g/mol. The Hall–Kier alpha value is -0.170. The van der Waals surface area contributed by atoms with Gasteiger partial charge in [0.05, 0.1) is 34.5 Å². The van der Waals surface area contributed by atoms with Crippen molar-refractivity contribution >= 4 is 30.6 Å². The molecule has 0 saturated heterocycles. The van der Waals surface area contributed by atoms with E-state index in [9.17, 15) is 24.8 Å². The molecule has 6 nitrogen and oxygen atoms in total. The Balaban J connectivity index is 1.80. The fourth-order valence-electron chi connectivity index (χ4n) is 3.47. The van der Waals surface area contributed by atoms with E-state index in [4.69, 9.17) is 23.2 Å². The number of hydrogen-bond donors (Lipinski definition) is 5. The van der Waals surface area contributed by atoms with E-state index in [1.54, 1.807) is 12.1 Å². The summed E-state index contributed by atoms with van der Waals surface area (Å²) in [5.74, 6) is -0.116. The maximum atomic E-state index is 12.5. The van der Waals surface area contributed by atoms with Gasteiger partial charge in [-0.05, 0) is 49.8 Å². The maximum Gasteiger partial charge on any atom is 0.203 e. The monoisotopic (exact) mass is 439 g/mol. The number of benzene rings is 1. The van der Waals surface area contributed by atoms with E-state index < -0.39 is 25.7 Å². The smallest absolute Gasteiger partial charge is 0.203 e. The van der Waals surface area contributed by atoms with Gasteiger partial charge in [0, 0.05) is 18.7 Å². The highest BCUT2D eigenvalue weighted by Gasteiger charge is 2.33. The summed E-state index contributed by atoms with van der Waals surface area (Å²) in [6.45, 7) is 2.07. The van der Waals surface area contributed by atoms with Gasteiger partial charge in [-0.15, -0.1) is 0 Å². The van der Waals surface area contributed by atoms with Crippen LogP contribution in [-0.4, -0.2) is 57.4 Å². The lowest BCUT2D eigenvalue weighted by Gasteiger charge is -2.31. The quantitative estimate of drug-likeness (QED) is 0.398. The van der Waals surface area contributed by atoms with Gasteiger partial charge < -0.3 is 25.5 Å². The minimum atomic E-state index is -3.53. The first-order valence-electron chi connectivity index (χ1n) is 9.10. The predicted molar refractivity (Wildman–Crippen MR) is 108 cm³/mol. The molecular formula is C18H28Cl2NO5P. The first-order chi connectivity index (χ1) is 12.6. The Morgan fingerprint density at radius 1 is 1.22 bits per heavy atom. The fraction of sp³-hybridized carbons (Fsp3) is 0.667. The summed E-state index contributed by atoms with van der Waals surface area (Å²) < 4.78 is 12.5. The molecule has 1 aromatic rings. The highest BCUT2D eigenvalue weighted by Crippen LogP contribution is 2.46. The van der Waals surface area contributed by atoms with Gasteiger partial charge in [0.15, 0.2) is 0 Å². The number of hydrogen-bond acceptors (Lipinski definition) is 5. The van der Waals surface area contributed by atoms with E-state index in [0.29, 0.717) is 29.3 Å². The van der Waals surface area contributed by atoms with Gasteiger partial charge in [-0.2, -0.15) is 0 Å². The lowest BCUT2D eigenvalue weighted by atomic mass is 9.87. The zero-order chi connectivity index (χ0) is 20.2. The minimum absolute atomic E-state index is 0.0518. The molecule has 1 aromatic carbocycles. The van der Waals surface area contributed by atoms with Crippen LogP contribution in [0.1, 0.15) is 37.8 Å². The van der Waals surface area contributed by atoms with Crippen molar-refractivity contribution in [3.63, 3.8) is 0 Å². The van der Waals surface area contributed by atoms with Crippen molar-refractivity contribution in [1.29, 1.82) is 0 Å². The SMILES string of the molecule is CC(NCC(O)CP(=O)(O)CC1CCC(O)C(O)C1)c1ccc(Cl)c(Cl)c1. The molecule has 154 valence electrons. The molecule has 9 heteroatoms. The van der Waals surface area contributed by atoms with Crippen molar-refractivity contribution in [1.82, 2.24) is 5.32 Å². The second-order valence-electron chi connectivity index (χ2n) is 7.48. The minimum Gasteiger partial charge on any atom is -0.391 e. The van der Waals surface area contributed by atoms with Crippen LogP contribution in [0.2, 0.25) is 10.0 Å². The van der Waals surface area contributed by atoms with Gasteiger partial charge in [0.2, 0.25) is 7.37 Å². The second-order valence-corrected chi connectivity index (χ2v) is 10.7. The van der Waals surface area contributed by atoms with Crippen molar-refractivity contribution in [3.8, 4) is 0 Å². The summed E-state index contributed by atoms with van der Waals surface area (Å²) in [6, 6.07) is 5.17. The summed E-state index contributed by atoms with van der Waals surface area (Å²) >= 11 is 11.9. The molecule has 0 heterocycles. The van der Waals surface area contributed by atoms with Gasteiger partial charge in [0.25, 0.3) is 0 Å². The molecular weight excluding hydrogens is 412 g/mol. The van der Waals surface area contributed by atoms with Crippen molar-refractivity contribution in [2.24, 2.45) is 5.92 Å². The van der Waals surface area contributed by atoms with Crippen LogP contribution in [0.4, 0.5) is 0 Å².